The van der Waals surface area contributed by atoms with Crippen LogP contribution in [0.15, 0.2) is 28.7 Å². The molecule has 1 aromatic carbocycles. The van der Waals surface area contributed by atoms with Gasteiger partial charge in [-0.3, -0.25) is 4.79 Å². The molecule has 20 heavy (non-hydrogen) atoms. The fourth-order valence-corrected chi connectivity index (χ4v) is 1.41. The molecule has 5 nitrogen and oxygen atoms in total. The van der Waals surface area contributed by atoms with Crippen molar-refractivity contribution >= 4 is 17.6 Å². The van der Waals surface area contributed by atoms with Gasteiger partial charge in [0.1, 0.15) is 11.5 Å². The summed E-state index contributed by atoms with van der Waals surface area (Å²) in [7, 11) is 0. The van der Waals surface area contributed by atoms with E-state index in [1.54, 1.807) is 0 Å². The Labute approximate surface area is 109 Å². The molecule has 0 fully saturated rings. The van der Waals surface area contributed by atoms with Crippen LogP contribution in [0, 0.1) is 17.5 Å². The first kappa shape index (κ1) is 13.7. The highest BCUT2D eigenvalue weighted by molar-refractivity contribution is 6.03. The number of carbonyl (C=O) groups is 2. The maximum atomic E-state index is 13.3. The maximum absolute atomic E-state index is 13.3. The van der Waals surface area contributed by atoms with Crippen LogP contribution >= 0.6 is 0 Å². The SMILES string of the molecule is O=C(O)c1ccc(C(=O)Nc2c(F)cc(F)cc2F)o1. The van der Waals surface area contributed by atoms with Crippen molar-refractivity contribution in [1.29, 1.82) is 0 Å². The average Bonchev–Trinajstić information content (AvgIpc) is 2.83. The molecule has 0 spiro atoms. The first-order valence-electron chi connectivity index (χ1n) is 5.17. The van der Waals surface area contributed by atoms with Crippen LogP contribution in [0.5, 0.6) is 0 Å². The number of hydrogen-bond donors (Lipinski definition) is 2. The van der Waals surface area contributed by atoms with E-state index in [1.165, 1.54) is 0 Å². The van der Waals surface area contributed by atoms with Crippen molar-refractivity contribution in [2.45, 2.75) is 0 Å². The molecule has 104 valence electrons. The minimum absolute atomic E-state index is 0.392. The molecule has 1 amide bonds. The molecule has 2 N–H and O–H groups in total. The first-order valence-corrected chi connectivity index (χ1v) is 5.17. The van der Waals surface area contributed by atoms with Crippen LogP contribution in [0.25, 0.3) is 0 Å². The lowest BCUT2D eigenvalue weighted by atomic mass is 10.2. The molecule has 0 atom stereocenters. The molecule has 0 aliphatic rings. The Kier molecular flexibility index (Phi) is 3.47. The monoisotopic (exact) mass is 285 g/mol. The molecule has 1 aromatic heterocycles. The predicted molar refractivity (Wildman–Crippen MR) is 59.9 cm³/mol. The molecule has 0 unspecified atom stereocenters. The van der Waals surface area contributed by atoms with E-state index in [0.29, 0.717) is 12.1 Å². The highest BCUT2D eigenvalue weighted by atomic mass is 19.1. The van der Waals surface area contributed by atoms with Crippen LogP contribution < -0.4 is 5.32 Å². The molecule has 0 saturated heterocycles. The van der Waals surface area contributed by atoms with Crippen LogP contribution in [0.2, 0.25) is 0 Å². The zero-order valence-electron chi connectivity index (χ0n) is 9.62. The van der Waals surface area contributed by atoms with Crippen molar-refractivity contribution in [1.82, 2.24) is 0 Å². The minimum atomic E-state index is -1.40. The highest BCUT2D eigenvalue weighted by Crippen LogP contribution is 2.21. The standard InChI is InChI=1S/C12H6F3NO4/c13-5-3-6(14)10(7(15)4-5)16-11(17)8-1-2-9(20-8)12(18)19/h1-4H,(H,16,17)(H,18,19). The number of furan rings is 1. The molecule has 0 aliphatic carbocycles. The lowest BCUT2D eigenvalue weighted by Gasteiger charge is -2.06. The first-order chi connectivity index (χ1) is 9.38. The third-order valence-corrected chi connectivity index (χ3v) is 2.29. The molecule has 1 heterocycles. The molecule has 2 rings (SSSR count). The summed E-state index contributed by atoms with van der Waals surface area (Å²) in [5.41, 5.74) is -0.857. The number of hydrogen-bond acceptors (Lipinski definition) is 3. The van der Waals surface area contributed by atoms with Gasteiger partial charge in [-0.25, -0.2) is 18.0 Å². The number of carbonyl (C=O) groups excluding carboxylic acids is 1. The van der Waals surface area contributed by atoms with Gasteiger partial charge in [-0.05, 0) is 12.1 Å². The van der Waals surface area contributed by atoms with Crippen LogP contribution in [-0.2, 0) is 0 Å². The Morgan fingerprint density at radius 3 is 2.10 bits per heavy atom. The van der Waals surface area contributed by atoms with Gasteiger partial charge < -0.3 is 14.8 Å². The van der Waals surface area contributed by atoms with Crippen molar-refractivity contribution in [2.75, 3.05) is 5.32 Å². The number of rotatable bonds is 3. The highest BCUT2D eigenvalue weighted by Gasteiger charge is 2.19. The van der Waals surface area contributed by atoms with Gasteiger partial charge in [0.05, 0.1) is 0 Å². The number of carboxylic acid groups (broad SMARTS) is 1. The van der Waals surface area contributed by atoms with E-state index in [1.807, 2.05) is 5.32 Å². The van der Waals surface area contributed by atoms with Crippen LogP contribution in [0.4, 0.5) is 18.9 Å². The second-order valence-electron chi connectivity index (χ2n) is 3.67. The summed E-state index contributed by atoms with van der Waals surface area (Å²) in [5.74, 6) is -7.17. The van der Waals surface area contributed by atoms with Crippen molar-refractivity contribution in [3.63, 3.8) is 0 Å². The number of nitrogens with one attached hydrogen (secondary N) is 1. The molecule has 0 saturated carbocycles. The normalized spacial score (nSPS) is 10.3. The molecule has 2 aromatic rings. The Morgan fingerprint density at radius 2 is 1.60 bits per heavy atom. The summed E-state index contributed by atoms with van der Waals surface area (Å²) >= 11 is 0. The third-order valence-electron chi connectivity index (χ3n) is 2.29. The maximum Gasteiger partial charge on any atom is 0.371 e. The number of anilines is 1. The third kappa shape index (κ3) is 2.63. The lowest BCUT2D eigenvalue weighted by Crippen LogP contribution is -2.14. The molecular weight excluding hydrogens is 279 g/mol. The molecule has 8 heteroatoms. The van der Waals surface area contributed by atoms with Gasteiger partial charge in [0.2, 0.25) is 5.76 Å². The Hall–Kier alpha value is -2.77. The smallest absolute Gasteiger partial charge is 0.371 e. The Balaban J connectivity index is 2.25. The fourth-order valence-electron chi connectivity index (χ4n) is 1.41. The van der Waals surface area contributed by atoms with Gasteiger partial charge in [-0.15, -0.1) is 0 Å². The second kappa shape index (κ2) is 5.08. The quantitative estimate of drug-likeness (QED) is 0.908. The summed E-state index contributed by atoms with van der Waals surface area (Å²) in [6.07, 6.45) is 0. The van der Waals surface area contributed by atoms with Gasteiger partial charge in [0.25, 0.3) is 5.91 Å². The number of amides is 1. The van der Waals surface area contributed by atoms with Crippen molar-refractivity contribution in [3.05, 3.63) is 53.2 Å². The van der Waals surface area contributed by atoms with Crippen molar-refractivity contribution in [2.24, 2.45) is 0 Å². The van der Waals surface area contributed by atoms with Gasteiger partial charge >= 0.3 is 5.97 Å². The topological polar surface area (TPSA) is 79.5 Å². The summed E-state index contributed by atoms with van der Waals surface area (Å²) in [6, 6.07) is 2.82. The van der Waals surface area contributed by atoms with E-state index in [0.717, 1.165) is 12.1 Å². The second-order valence-corrected chi connectivity index (χ2v) is 3.67. The molecule has 0 radical (unpaired) electrons. The van der Waals surface area contributed by atoms with Gasteiger partial charge in [0.15, 0.2) is 17.4 Å². The number of halogens is 3. The van der Waals surface area contributed by atoms with Crippen molar-refractivity contribution < 1.29 is 32.3 Å². The van der Waals surface area contributed by atoms with Gasteiger partial charge in [-0.1, -0.05) is 0 Å². The molecule has 0 aliphatic heterocycles. The van der Waals surface area contributed by atoms with E-state index in [9.17, 15) is 22.8 Å². The zero-order chi connectivity index (χ0) is 14.9. The van der Waals surface area contributed by atoms with Crippen LogP contribution in [-0.4, -0.2) is 17.0 Å². The fraction of sp³-hybridized carbons (Fsp3) is 0. The number of benzene rings is 1. The largest absolute Gasteiger partial charge is 0.475 e. The van der Waals surface area contributed by atoms with E-state index in [2.05, 4.69) is 4.42 Å². The summed E-state index contributed by atoms with van der Waals surface area (Å²) < 4.78 is 43.9. The van der Waals surface area contributed by atoms with Gasteiger partial charge in [0, 0.05) is 12.1 Å². The summed E-state index contributed by atoms with van der Waals surface area (Å²) in [4.78, 5) is 22.2. The predicted octanol–water partition coefficient (Wildman–Crippen LogP) is 2.65. The van der Waals surface area contributed by atoms with Gasteiger partial charge in [-0.2, -0.15) is 0 Å². The van der Waals surface area contributed by atoms with E-state index in [4.69, 9.17) is 5.11 Å². The summed E-state index contributed by atoms with van der Waals surface area (Å²) in [6.45, 7) is 0. The molecular formula is C12H6F3NO4. The lowest BCUT2D eigenvalue weighted by molar-refractivity contribution is 0.0660. The number of carboxylic acids is 1. The minimum Gasteiger partial charge on any atom is -0.475 e. The van der Waals surface area contributed by atoms with Crippen LogP contribution in [0.1, 0.15) is 21.1 Å². The Morgan fingerprint density at radius 1 is 1.05 bits per heavy atom. The molecule has 0 bridgehead atoms. The van der Waals surface area contributed by atoms with E-state index in [-0.39, 0.29) is 0 Å². The average molecular weight is 285 g/mol. The summed E-state index contributed by atoms with van der Waals surface area (Å²) in [5, 5.41) is 10.4. The Bertz CT molecular complexity index is 673. The van der Waals surface area contributed by atoms with Crippen molar-refractivity contribution in [3.8, 4) is 0 Å². The van der Waals surface area contributed by atoms with E-state index >= 15 is 0 Å². The zero-order valence-corrected chi connectivity index (χ0v) is 9.62. The van der Waals surface area contributed by atoms with Crippen LogP contribution in [0.3, 0.4) is 0 Å². The number of aromatic carboxylic acids is 1. The van der Waals surface area contributed by atoms with E-state index < -0.39 is 46.5 Å².